The number of halogens is 2. The molecule has 3 aliphatic rings. The average molecular weight is 531 g/mol. The minimum atomic E-state index is -0.193. The summed E-state index contributed by atoms with van der Waals surface area (Å²) in [5.74, 6) is 1.39. The first-order chi connectivity index (χ1) is 17.0. The summed E-state index contributed by atoms with van der Waals surface area (Å²) >= 11 is 6.02. The third kappa shape index (κ3) is 5.58. The van der Waals surface area contributed by atoms with Crippen molar-refractivity contribution in [2.75, 3.05) is 39.3 Å². The number of piperidine rings is 1. The van der Waals surface area contributed by atoms with E-state index in [1.165, 1.54) is 5.56 Å². The second-order valence-corrected chi connectivity index (χ2v) is 11.1. The van der Waals surface area contributed by atoms with Crippen LogP contribution in [0.25, 0.3) is 0 Å². The van der Waals surface area contributed by atoms with Crippen LogP contribution in [0.15, 0.2) is 54.6 Å². The lowest BCUT2D eigenvalue weighted by atomic mass is 9.76. The van der Waals surface area contributed by atoms with Gasteiger partial charge in [0.25, 0.3) is 0 Å². The molecule has 0 radical (unpaired) electrons. The van der Waals surface area contributed by atoms with Gasteiger partial charge in [0, 0.05) is 50.1 Å². The van der Waals surface area contributed by atoms with Gasteiger partial charge in [-0.05, 0) is 61.5 Å². The van der Waals surface area contributed by atoms with Crippen LogP contribution in [0.1, 0.15) is 49.7 Å². The molecule has 36 heavy (non-hydrogen) atoms. The Morgan fingerprint density at radius 1 is 0.972 bits per heavy atom. The number of hydrogen-bond donors (Lipinski definition) is 0. The van der Waals surface area contributed by atoms with Gasteiger partial charge in [-0.3, -0.25) is 9.59 Å². The molecular formula is C29H37Cl2N3O2. The van der Waals surface area contributed by atoms with E-state index in [0.717, 1.165) is 69.1 Å². The normalized spacial score (nSPS) is 23.8. The summed E-state index contributed by atoms with van der Waals surface area (Å²) in [5, 5.41) is 0.726. The number of hydrogen-bond acceptors (Lipinski definition) is 3. The molecule has 5 rings (SSSR count). The fourth-order valence-corrected chi connectivity index (χ4v) is 6.50. The molecular weight excluding hydrogens is 493 g/mol. The number of amides is 2. The van der Waals surface area contributed by atoms with Crippen LogP contribution < -0.4 is 0 Å². The standard InChI is InChI=1S/C29H36ClN3O2.ClH/c1-2-27(34)33-20-24(26(21-33)23-6-4-3-5-7-23)19-31-15-12-29(13-16-31)14-17-32(28(29)35)18-22-8-10-25(30)11-9-22;/h3-11,24,26H,2,12-21H2,1H3;1H/t24-,26?;/m0./s1. The highest BCUT2D eigenvalue weighted by atomic mass is 35.5. The molecule has 2 atom stereocenters. The van der Waals surface area contributed by atoms with Crippen molar-refractivity contribution >= 4 is 35.8 Å². The number of likely N-dealkylation sites (tertiary alicyclic amines) is 3. The lowest BCUT2D eigenvalue weighted by Crippen LogP contribution is -2.46. The number of nitrogens with zero attached hydrogens (tertiary/aromatic N) is 3. The molecule has 0 saturated carbocycles. The summed E-state index contributed by atoms with van der Waals surface area (Å²) in [6, 6.07) is 18.5. The number of rotatable bonds is 6. The third-order valence-electron chi connectivity index (χ3n) is 8.52. The summed E-state index contributed by atoms with van der Waals surface area (Å²) in [7, 11) is 0. The zero-order valence-corrected chi connectivity index (χ0v) is 22.6. The van der Waals surface area contributed by atoms with Gasteiger partial charge in [0.1, 0.15) is 0 Å². The predicted octanol–water partition coefficient (Wildman–Crippen LogP) is 5.23. The van der Waals surface area contributed by atoms with E-state index in [1.807, 2.05) is 36.1 Å². The van der Waals surface area contributed by atoms with Crippen molar-refractivity contribution in [2.24, 2.45) is 11.3 Å². The first kappa shape index (κ1) is 27.0. The molecule has 0 aromatic heterocycles. The summed E-state index contributed by atoms with van der Waals surface area (Å²) in [5.41, 5.74) is 2.28. The summed E-state index contributed by atoms with van der Waals surface area (Å²) < 4.78 is 0. The van der Waals surface area contributed by atoms with E-state index in [4.69, 9.17) is 11.6 Å². The molecule has 1 unspecified atom stereocenters. The Kier molecular flexibility index (Phi) is 8.64. The Morgan fingerprint density at radius 2 is 1.64 bits per heavy atom. The van der Waals surface area contributed by atoms with Crippen molar-refractivity contribution in [1.29, 1.82) is 0 Å². The first-order valence-electron chi connectivity index (χ1n) is 13.1. The van der Waals surface area contributed by atoms with Gasteiger partial charge < -0.3 is 14.7 Å². The van der Waals surface area contributed by atoms with Gasteiger partial charge in [-0.15, -0.1) is 12.4 Å². The third-order valence-corrected chi connectivity index (χ3v) is 8.77. The molecule has 3 aliphatic heterocycles. The highest BCUT2D eigenvalue weighted by molar-refractivity contribution is 6.30. The maximum Gasteiger partial charge on any atom is 0.229 e. The molecule has 2 amide bonds. The number of benzene rings is 2. The first-order valence-corrected chi connectivity index (χ1v) is 13.4. The van der Waals surface area contributed by atoms with E-state index in [9.17, 15) is 9.59 Å². The molecule has 3 saturated heterocycles. The quantitative estimate of drug-likeness (QED) is 0.514. The molecule has 0 bridgehead atoms. The molecule has 0 N–H and O–H groups in total. The smallest absolute Gasteiger partial charge is 0.229 e. The van der Waals surface area contributed by atoms with Crippen LogP contribution in [-0.4, -0.2) is 65.8 Å². The maximum atomic E-state index is 13.4. The second kappa shape index (κ2) is 11.5. The summed E-state index contributed by atoms with van der Waals surface area (Å²) in [4.78, 5) is 32.5. The molecule has 3 fully saturated rings. The van der Waals surface area contributed by atoms with Gasteiger partial charge in [0.2, 0.25) is 11.8 Å². The van der Waals surface area contributed by atoms with Gasteiger partial charge in [0.05, 0.1) is 5.41 Å². The van der Waals surface area contributed by atoms with Crippen molar-refractivity contribution < 1.29 is 9.59 Å². The highest BCUT2D eigenvalue weighted by Crippen LogP contribution is 2.43. The van der Waals surface area contributed by atoms with Crippen LogP contribution in [-0.2, 0) is 16.1 Å². The van der Waals surface area contributed by atoms with E-state index in [0.29, 0.717) is 30.7 Å². The van der Waals surface area contributed by atoms with Gasteiger partial charge in [-0.1, -0.05) is 61.0 Å². The van der Waals surface area contributed by atoms with E-state index >= 15 is 0 Å². The van der Waals surface area contributed by atoms with Crippen molar-refractivity contribution in [1.82, 2.24) is 14.7 Å². The van der Waals surface area contributed by atoms with E-state index in [1.54, 1.807) is 0 Å². The van der Waals surface area contributed by atoms with Crippen molar-refractivity contribution in [3.8, 4) is 0 Å². The second-order valence-electron chi connectivity index (χ2n) is 10.6. The Hall–Kier alpha value is -2.08. The Balaban J connectivity index is 0.00000304. The van der Waals surface area contributed by atoms with Gasteiger partial charge >= 0.3 is 0 Å². The molecule has 2 aromatic carbocycles. The fraction of sp³-hybridized carbons (Fsp3) is 0.517. The van der Waals surface area contributed by atoms with Crippen LogP contribution in [0.3, 0.4) is 0 Å². The van der Waals surface area contributed by atoms with Gasteiger partial charge in [-0.2, -0.15) is 0 Å². The predicted molar refractivity (Wildman–Crippen MR) is 146 cm³/mol. The number of carbonyl (C=O) groups is 2. The van der Waals surface area contributed by atoms with Crippen molar-refractivity contribution in [3.63, 3.8) is 0 Å². The van der Waals surface area contributed by atoms with Gasteiger partial charge in [0.15, 0.2) is 0 Å². The molecule has 2 aromatic rings. The van der Waals surface area contributed by atoms with Crippen LogP contribution in [0, 0.1) is 11.3 Å². The molecule has 194 valence electrons. The van der Waals surface area contributed by atoms with E-state index in [2.05, 4.69) is 40.1 Å². The lowest BCUT2D eigenvalue weighted by Gasteiger charge is -2.39. The number of carbonyl (C=O) groups excluding carboxylic acids is 2. The molecule has 0 aliphatic carbocycles. The van der Waals surface area contributed by atoms with E-state index in [-0.39, 0.29) is 23.7 Å². The van der Waals surface area contributed by atoms with Crippen LogP contribution >= 0.6 is 24.0 Å². The molecule has 3 heterocycles. The van der Waals surface area contributed by atoms with Crippen molar-refractivity contribution in [3.05, 3.63) is 70.7 Å². The summed E-state index contributed by atoms with van der Waals surface area (Å²) in [6.07, 6.45) is 3.39. The summed E-state index contributed by atoms with van der Waals surface area (Å²) in [6.45, 7) is 8.02. The monoisotopic (exact) mass is 529 g/mol. The van der Waals surface area contributed by atoms with Crippen molar-refractivity contribution in [2.45, 2.75) is 45.1 Å². The molecule has 7 heteroatoms. The topological polar surface area (TPSA) is 43.9 Å². The van der Waals surface area contributed by atoms with E-state index < -0.39 is 0 Å². The SMILES string of the molecule is CCC(=O)N1CC(c2ccccc2)[C@@H](CN2CCC3(CC2)CCN(Cc2ccc(Cl)cc2)C3=O)C1.Cl. The van der Waals surface area contributed by atoms with Crippen LogP contribution in [0.2, 0.25) is 5.02 Å². The molecule has 5 nitrogen and oxygen atoms in total. The largest absolute Gasteiger partial charge is 0.342 e. The lowest BCUT2D eigenvalue weighted by molar-refractivity contribution is -0.139. The minimum Gasteiger partial charge on any atom is -0.342 e. The van der Waals surface area contributed by atoms with Gasteiger partial charge in [-0.25, -0.2) is 0 Å². The Labute approximate surface area is 226 Å². The Bertz CT molecular complexity index is 1040. The zero-order valence-electron chi connectivity index (χ0n) is 21.1. The molecule has 1 spiro atoms. The van der Waals surface area contributed by atoms with Crippen LogP contribution in [0.5, 0.6) is 0 Å². The van der Waals surface area contributed by atoms with Crippen LogP contribution in [0.4, 0.5) is 0 Å². The minimum absolute atomic E-state index is 0. The average Bonchev–Trinajstić information content (AvgIpc) is 3.44. The zero-order chi connectivity index (χ0) is 24.4. The Morgan fingerprint density at radius 3 is 2.31 bits per heavy atom. The highest BCUT2D eigenvalue weighted by Gasteiger charge is 2.48. The fourth-order valence-electron chi connectivity index (χ4n) is 6.37. The maximum absolute atomic E-state index is 13.4.